The Balaban J connectivity index is 1.75. The first-order chi connectivity index (χ1) is 7.65. The smallest absolute Gasteiger partial charge is 0.0198 e. The molecule has 2 rings (SSSR count). The standard InChI is InChI=1S/C14H28N2/c1-11(2)9-12(3)16-8-4-5-14(10-16)15-13-6-7-13/h11-15H,4-10H2,1-3H3. The Labute approximate surface area is 101 Å². The molecule has 1 saturated carbocycles. The zero-order valence-corrected chi connectivity index (χ0v) is 11.2. The number of nitrogens with zero attached hydrogens (tertiary/aromatic N) is 1. The zero-order valence-electron chi connectivity index (χ0n) is 11.2. The van der Waals surface area contributed by atoms with E-state index in [2.05, 4.69) is 31.0 Å². The lowest BCUT2D eigenvalue weighted by Crippen LogP contribution is -2.49. The molecule has 2 heteroatoms. The van der Waals surface area contributed by atoms with Crippen molar-refractivity contribution in [1.29, 1.82) is 0 Å². The SMILES string of the molecule is CC(C)CC(C)N1CCCC(NC2CC2)C1. The van der Waals surface area contributed by atoms with Crippen LogP contribution in [0.1, 0.15) is 52.9 Å². The Morgan fingerprint density at radius 2 is 1.88 bits per heavy atom. The van der Waals surface area contributed by atoms with Crippen molar-refractivity contribution in [2.75, 3.05) is 13.1 Å². The quantitative estimate of drug-likeness (QED) is 0.772. The largest absolute Gasteiger partial charge is 0.310 e. The van der Waals surface area contributed by atoms with E-state index in [0.717, 1.165) is 24.0 Å². The van der Waals surface area contributed by atoms with Crippen LogP contribution in [0.3, 0.4) is 0 Å². The molecule has 1 aliphatic heterocycles. The van der Waals surface area contributed by atoms with Crippen molar-refractivity contribution in [3.63, 3.8) is 0 Å². The molecule has 0 aromatic carbocycles. The Morgan fingerprint density at radius 1 is 1.12 bits per heavy atom. The maximum Gasteiger partial charge on any atom is 0.0198 e. The highest BCUT2D eigenvalue weighted by atomic mass is 15.2. The van der Waals surface area contributed by atoms with Crippen molar-refractivity contribution in [1.82, 2.24) is 10.2 Å². The predicted octanol–water partition coefficient (Wildman–Crippen LogP) is 2.64. The average Bonchev–Trinajstić information content (AvgIpc) is 3.01. The minimum absolute atomic E-state index is 0.767. The van der Waals surface area contributed by atoms with E-state index in [1.807, 2.05) is 0 Å². The molecule has 2 unspecified atom stereocenters. The molecular formula is C14H28N2. The normalized spacial score (nSPS) is 29.6. The lowest BCUT2D eigenvalue weighted by molar-refractivity contribution is 0.131. The maximum atomic E-state index is 3.79. The van der Waals surface area contributed by atoms with Gasteiger partial charge in [0, 0.05) is 24.7 Å². The van der Waals surface area contributed by atoms with Crippen molar-refractivity contribution in [3.8, 4) is 0 Å². The monoisotopic (exact) mass is 224 g/mol. The Kier molecular flexibility index (Phi) is 4.26. The summed E-state index contributed by atoms with van der Waals surface area (Å²) in [6, 6.07) is 2.41. The van der Waals surface area contributed by atoms with E-state index in [-0.39, 0.29) is 0 Å². The average molecular weight is 224 g/mol. The molecule has 1 saturated heterocycles. The summed E-state index contributed by atoms with van der Waals surface area (Å²) in [5, 5.41) is 3.79. The summed E-state index contributed by atoms with van der Waals surface area (Å²) in [4.78, 5) is 2.70. The van der Waals surface area contributed by atoms with Gasteiger partial charge in [0.1, 0.15) is 0 Å². The first-order valence-corrected chi connectivity index (χ1v) is 7.15. The molecule has 0 radical (unpaired) electrons. The van der Waals surface area contributed by atoms with E-state index in [0.29, 0.717) is 0 Å². The molecule has 0 spiro atoms. The highest BCUT2D eigenvalue weighted by Gasteiger charge is 2.29. The van der Waals surface area contributed by atoms with Gasteiger partial charge in [-0.15, -0.1) is 0 Å². The van der Waals surface area contributed by atoms with Crippen LogP contribution in [0.2, 0.25) is 0 Å². The molecule has 1 heterocycles. The first kappa shape index (κ1) is 12.4. The van der Waals surface area contributed by atoms with Gasteiger partial charge in [-0.1, -0.05) is 13.8 Å². The van der Waals surface area contributed by atoms with Gasteiger partial charge in [-0.3, -0.25) is 4.90 Å². The first-order valence-electron chi connectivity index (χ1n) is 7.15. The summed E-state index contributed by atoms with van der Waals surface area (Å²) in [6.07, 6.45) is 6.94. The lowest BCUT2D eigenvalue weighted by atomic mass is 9.99. The van der Waals surface area contributed by atoms with Gasteiger partial charge in [-0.2, -0.15) is 0 Å². The minimum atomic E-state index is 0.767. The van der Waals surface area contributed by atoms with Gasteiger partial charge in [0.15, 0.2) is 0 Å². The second-order valence-corrected chi connectivity index (χ2v) is 6.25. The molecule has 1 N–H and O–H groups in total. The van der Waals surface area contributed by atoms with Crippen molar-refractivity contribution in [2.45, 2.75) is 71.0 Å². The third-order valence-electron chi connectivity index (χ3n) is 3.94. The number of likely N-dealkylation sites (tertiary alicyclic amines) is 1. The fourth-order valence-electron chi connectivity index (χ4n) is 2.96. The highest BCUT2D eigenvalue weighted by molar-refractivity contribution is 4.89. The molecular weight excluding hydrogens is 196 g/mol. The van der Waals surface area contributed by atoms with Crippen molar-refractivity contribution in [3.05, 3.63) is 0 Å². The van der Waals surface area contributed by atoms with E-state index in [1.54, 1.807) is 0 Å². The molecule has 16 heavy (non-hydrogen) atoms. The van der Waals surface area contributed by atoms with Gasteiger partial charge in [-0.25, -0.2) is 0 Å². The molecule has 0 amide bonds. The molecule has 0 aromatic heterocycles. The van der Waals surface area contributed by atoms with Gasteiger partial charge >= 0.3 is 0 Å². The third-order valence-corrected chi connectivity index (χ3v) is 3.94. The van der Waals surface area contributed by atoms with Gasteiger partial charge < -0.3 is 5.32 Å². The van der Waals surface area contributed by atoms with E-state index < -0.39 is 0 Å². The van der Waals surface area contributed by atoms with Crippen LogP contribution in [0.4, 0.5) is 0 Å². The Bertz CT molecular complexity index is 209. The fraction of sp³-hybridized carbons (Fsp3) is 1.00. The fourth-order valence-corrected chi connectivity index (χ4v) is 2.96. The van der Waals surface area contributed by atoms with Gasteiger partial charge in [0.2, 0.25) is 0 Å². The number of piperidine rings is 1. The number of rotatable bonds is 5. The van der Waals surface area contributed by atoms with Crippen LogP contribution in [0, 0.1) is 5.92 Å². The number of hydrogen-bond acceptors (Lipinski definition) is 2. The number of nitrogens with one attached hydrogen (secondary N) is 1. The van der Waals surface area contributed by atoms with Crippen LogP contribution in [-0.2, 0) is 0 Å². The zero-order chi connectivity index (χ0) is 11.5. The summed E-state index contributed by atoms with van der Waals surface area (Å²) < 4.78 is 0. The molecule has 94 valence electrons. The third kappa shape index (κ3) is 3.74. The predicted molar refractivity (Wildman–Crippen MR) is 69.7 cm³/mol. The van der Waals surface area contributed by atoms with E-state index in [9.17, 15) is 0 Å². The molecule has 2 fully saturated rings. The van der Waals surface area contributed by atoms with E-state index >= 15 is 0 Å². The van der Waals surface area contributed by atoms with Gasteiger partial charge in [0.25, 0.3) is 0 Å². The Hall–Kier alpha value is -0.0800. The topological polar surface area (TPSA) is 15.3 Å². The van der Waals surface area contributed by atoms with E-state index in [1.165, 1.54) is 45.2 Å². The molecule has 0 aromatic rings. The van der Waals surface area contributed by atoms with Crippen LogP contribution in [0.5, 0.6) is 0 Å². The highest BCUT2D eigenvalue weighted by Crippen LogP contribution is 2.23. The van der Waals surface area contributed by atoms with Crippen LogP contribution in [0.15, 0.2) is 0 Å². The molecule has 2 nitrogen and oxygen atoms in total. The number of hydrogen-bond donors (Lipinski definition) is 1. The molecule has 2 aliphatic rings. The van der Waals surface area contributed by atoms with Crippen LogP contribution in [-0.4, -0.2) is 36.1 Å². The van der Waals surface area contributed by atoms with Crippen LogP contribution in [0.25, 0.3) is 0 Å². The van der Waals surface area contributed by atoms with Gasteiger partial charge in [-0.05, 0) is 51.5 Å². The van der Waals surface area contributed by atoms with Gasteiger partial charge in [0.05, 0.1) is 0 Å². The summed E-state index contributed by atoms with van der Waals surface area (Å²) in [6.45, 7) is 9.67. The van der Waals surface area contributed by atoms with Crippen LogP contribution >= 0.6 is 0 Å². The van der Waals surface area contributed by atoms with Crippen molar-refractivity contribution >= 4 is 0 Å². The molecule has 2 atom stereocenters. The van der Waals surface area contributed by atoms with Crippen LogP contribution < -0.4 is 5.32 Å². The van der Waals surface area contributed by atoms with E-state index in [4.69, 9.17) is 0 Å². The second kappa shape index (κ2) is 5.50. The summed E-state index contributed by atoms with van der Waals surface area (Å²) >= 11 is 0. The minimum Gasteiger partial charge on any atom is -0.310 e. The second-order valence-electron chi connectivity index (χ2n) is 6.25. The lowest BCUT2D eigenvalue weighted by Gasteiger charge is -2.38. The van der Waals surface area contributed by atoms with Crippen molar-refractivity contribution < 1.29 is 0 Å². The summed E-state index contributed by atoms with van der Waals surface area (Å²) in [7, 11) is 0. The summed E-state index contributed by atoms with van der Waals surface area (Å²) in [5.41, 5.74) is 0. The summed E-state index contributed by atoms with van der Waals surface area (Å²) in [5.74, 6) is 0.826. The van der Waals surface area contributed by atoms with Crippen molar-refractivity contribution in [2.24, 2.45) is 5.92 Å². The Morgan fingerprint density at radius 3 is 2.50 bits per heavy atom. The molecule has 1 aliphatic carbocycles. The maximum absolute atomic E-state index is 3.79. The molecule has 0 bridgehead atoms.